The fraction of sp³-hybridized carbons (Fsp3) is 0.300. The molecule has 2 aromatic rings. The Kier molecular flexibility index (Phi) is 7.70. The number of carboxylic acid groups (broad SMARTS) is 2. The van der Waals surface area contributed by atoms with E-state index in [0.717, 1.165) is 5.06 Å². The smallest absolute Gasteiger partial charge is 0.326 e. The van der Waals surface area contributed by atoms with E-state index in [0.29, 0.717) is 5.69 Å². The van der Waals surface area contributed by atoms with Gasteiger partial charge in [-0.3, -0.25) is 24.2 Å². The SMILES string of the molecule is Nc1nc2c(c(=O)[nH]1)N(OC=O)C(CNc1ccc(C(=O)NC(CCC(=O)O)C(=O)O)cc1)CN2. The molecule has 15 nitrogen and oxygen atoms in total. The third-order valence-corrected chi connectivity index (χ3v) is 5.07. The number of aromatic amines is 1. The number of fused-ring (bicyclic) bond motifs is 1. The predicted molar refractivity (Wildman–Crippen MR) is 122 cm³/mol. The monoisotopic (exact) mass is 489 g/mol. The number of hydroxylamine groups is 1. The number of carboxylic acids is 2. The Hall–Kier alpha value is -4.82. The molecule has 0 bridgehead atoms. The van der Waals surface area contributed by atoms with Crippen molar-refractivity contribution in [3.05, 3.63) is 40.2 Å². The highest BCUT2D eigenvalue weighted by Crippen LogP contribution is 2.26. The Balaban J connectivity index is 1.64. The van der Waals surface area contributed by atoms with E-state index in [2.05, 4.69) is 25.9 Å². The van der Waals surface area contributed by atoms with Crippen LogP contribution in [0.4, 0.5) is 23.1 Å². The Morgan fingerprint density at radius 3 is 2.63 bits per heavy atom. The normalized spacial score (nSPS) is 15.2. The number of aliphatic carboxylic acids is 2. The third kappa shape index (κ3) is 6.16. The van der Waals surface area contributed by atoms with Crippen LogP contribution in [0.1, 0.15) is 23.2 Å². The number of amides is 1. The Morgan fingerprint density at radius 1 is 1.29 bits per heavy atom. The van der Waals surface area contributed by atoms with Gasteiger partial charge in [0.15, 0.2) is 11.5 Å². The first-order chi connectivity index (χ1) is 16.7. The van der Waals surface area contributed by atoms with E-state index in [9.17, 15) is 29.1 Å². The van der Waals surface area contributed by atoms with Crippen LogP contribution >= 0.6 is 0 Å². The molecule has 1 amide bonds. The zero-order chi connectivity index (χ0) is 25.5. The van der Waals surface area contributed by atoms with Gasteiger partial charge in [-0.25, -0.2) is 4.79 Å². The number of carbonyl (C=O) groups is 4. The van der Waals surface area contributed by atoms with Crippen molar-refractivity contribution in [1.82, 2.24) is 15.3 Å². The lowest BCUT2D eigenvalue weighted by Gasteiger charge is -2.35. The molecule has 1 aliphatic heterocycles. The molecule has 8 N–H and O–H groups in total. The molecule has 35 heavy (non-hydrogen) atoms. The van der Waals surface area contributed by atoms with E-state index in [4.69, 9.17) is 15.7 Å². The van der Waals surface area contributed by atoms with Crippen LogP contribution in [-0.4, -0.2) is 69.7 Å². The number of rotatable bonds is 11. The molecule has 1 aromatic carbocycles. The van der Waals surface area contributed by atoms with Crippen molar-refractivity contribution in [3.8, 4) is 0 Å². The van der Waals surface area contributed by atoms with Gasteiger partial charge in [-0.05, 0) is 30.7 Å². The lowest BCUT2D eigenvalue weighted by atomic mass is 10.1. The van der Waals surface area contributed by atoms with Gasteiger partial charge >= 0.3 is 18.4 Å². The minimum absolute atomic E-state index is 0.00717. The highest BCUT2D eigenvalue weighted by Gasteiger charge is 2.32. The minimum Gasteiger partial charge on any atom is -0.481 e. The zero-order valence-electron chi connectivity index (χ0n) is 18.2. The summed E-state index contributed by atoms with van der Waals surface area (Å²) in [5.41, 5.74) is 5.70. The second-order valence-corrected chi connectivity index (χ2v) is 7.47. The number of nitrogens with one attached hydrogen (secondary N) is 4. The topological polar surface area (TPSA) is 229 Å². The summed E-state index contributed by atoms with van der Waals surface area (Å²) in [4.78, 5) is 68.9. The average molecular weight is 489 g/mol. The highest BCUT2D eigenvalue weighted by atomic mass is 16.7. The van der Waals surface area contributed by atoms with Gasteiger partial charge in [-0.15, -0.1) is 0 Å². The number of carbonyl (C=O) groups excluding carboxylic acids is 2. The summed E-state index contributed by atoms with van der Waals surface area (Å²) < 4.78 is 0. The van der Waals surface area contributed by atoms with Crippen LogP contribution in [0.3, 0.4) is 0 Å². The fourth-order valence-electron chi connectivity index (χ4n) is 3.37. The van der Waals surface area contributed by atoms with E-state index >= 15 is 0 Å². The lowest BCUT2D eigenvalue weighted by Crippen LogP contribution is -2.50. The summed E-state index contributed by atoms with van der Waals surface area (Å²) >= 11 is 0. The molecule has 2 atom stereocenters. The van der Waals surface area contributed by atoms with E-state index in [1.165, 1.54) is 12.1 Å². The standard InChI is InChI=1S/C20H23N7O8/c21-20-25-16-15(18(32)26-20)27(35-9-28)12(8-23-16)7-22-11-3-1-10(2-4-11)17(31)24-13(19(33)34)5-6-14(29)30/h1-4,9,12-13,22H,5-8H2,(H,24,31)(H,29,30)(H,33,34)(H4,21,23,25,26,32). The molecule has 1 aliphatic rings. The van der Waals surface area contributed by atoms with Gasteiger partial charge in [0.1, 0.15) is 12.1 Å². The van der Waals surface area contributed by atoms with E-state index in [1.54, 1.807) is 12.1 Å². The first-order valence-electron chi connectivity index (χ1n) is 10.3. The van der Waals surface area contributed by atoms with Gasteiger partial charge in [0, 0.05) is 30.8 Å². The molecule has 0 aliphatic carbocycles. The molecule has 0 fully saturated rings. The van der Waals surface area contributed by atoms with Crippen molar-refractivity contribution < 1.29 is 34.2 Å². The van der Waals surface area contributed by atoms with Crippen LogP contribution < -0.4 is 32.3 Å². The first kappa shape index (κ1) is 24.8. The summed E-state index contributed by atoms with van der Waals surface area (Å²) in [6, 6.07) is 4.22. The fourth-order valence-corrected chi connectivity index (χ4v) is 3.37. The number of aromatic nitrogens is 2. The summed E-state index contributed by atoms with van der Waals surface area (Å²) in [5.74, 6) is -3.09. The maximum Gasteiger partial charge on any atom is 0.326 e. The van der Waals surface area contributed by atoms with Crippen molar-refractivity contribution in [1.29, 1.82) is 0 Å². The van der Waals surface area contributed by atoms with Crippen molar-refractivity contribution >= 4 is 47.5 Å². The predicted octanol–water partition coefficient (Wildman–Crippen LogP) is -0.799. The van der Waals surface area contributed by atoms with E-state index in [-0.39, 0.29) is 49.0 Å². The summed E-state index contributed by atoms with van der Waals surface area (Å²) in [7, 11) is 0. The number of hydrogen-bond donors (Lipinski definition) is 7. The van der Waals surface area contributed by atoms with Gasteiger partial charge in [0.05, 0.1) is 0 Å². The first-order valence-corrected chi connectivity index (χ1v) is 10.3. The number of hydrogen-bond acceptors (Lipinski definition) is 11. The molecule has 15 heteroatoms. The molecule has 0 saturated carbocycles. The molecule has 0 saturated heterocycles. The number of H-pyrrole nitrogens is 1. The van der Waals surface area contributed by atoms with Gasteiger partial charge in [-0.1, -0.05) is 0 Å². The second kappa shape index (κ2) is 10.9. The molecule has 0 spiro atoms. The molecule has 2 heterocycles. The van der Waals surface area contributed by atoms with Gasteiger partial charge in [-0.2, -0.15) is 10.0 Å². The summed E-state index contributed by atoms with van der Waals surface area (Å²) in [6.45, 7) is 0.662. The second-order valence-electron chi connectivity index (χ2n) is 7.47. The number of benzene rings is 1. The third-order valence-electron chi connectivity index (χ3n) is 5.07. The number of anilines is 4. The minimum atomic E-state index is -1.34. The van der Waals surface area contributed by atoms with Crippen LogP contribution in [0, 0.1) is 0 Å². The maximum atomic E-state index is 12.4. The van der Waals surface area contributed by atoms with Crippen LogP contribution in [0.15, 0.2) is 29.1 Å². The van der Waals surface area contributed by atoms with Crippen molar-refractivity contribution in [2.75, 3.05) is 34.5 Å². The average Bonchev–Trinajstić information content (AvgIpc) is 2.80. The van der Waals surface area contributed by atoms with Crippen LogP contribution in [0.2, 0.25) is 0 Å². The molecule has 3 rings (SSSR count). The van der Waals surface area contributed by atoms with Gasteiger partial charge in [0.25, 0.3) is 11.5 Å². The number of nitrogens with two attached hydrogens (primary N) is 1. The van der Waals surface area contributed by atoms with Gasteiger partial charge < -0.3 is 36.7 Å². The maximum absolute atomic E-state index is 12.4. The quantitative estimate of drug-likeness (QED) is 0.192. The molecule has 186 valence electrons. The Labute approximate surface area is 197 Å². The lowest BCUT2D eigenvalue weighted by molar-refractivity contribution is -0.140. The highest BCUT2D eigenvalue weighted by molar-refractivity contribution is 5.97. The number of nitrogens with zero attached hydrogens (tertiary/aromatic N) is 2. The molecule has 1 aromatic heterocycles. The van der Waals surface area contributed by atoms with Crippen LogP contribution in [0.25, 0.3) is 0 Å². The molecule has 2 unspecified atom stereocenters. The van der Waals surface area contributed by atoms with E-state index < -0.39 is 41.9 Å². The summed E-state index contributed by atoms with van der Waals surface area (Å²) in [5, 5.41) is 27.4. The zero-order valence-corrected chi connectivity index (χ0v) is 18.2. The Bertz CT molecular complexity index is 1170. The van der Waals surface area contributed by atoms with Crippen molar-refractivity contribution in [3.63, 3.8) is 0 Å². The van der Waals surface area contributed by atoms with Crippen molar-refractivity contribution in [2.45, 2.75) is 24.9 Å². The number of nitrogen functional groups attached to an aromatic ring is 1. The molecule has 0 radical (unpaired) electrons. The summed E-state index contributed by atoms with van der Waals surface area (Å²) in [6.07, 6.45) is -0.653. The molecular weight excluding hydrogens is 466 g/mol. The largest absolute Gasteiger partial charge is 0.481 e. The van der Waals surface area contributed by atoms with Gasteiger partial charge in [0.2, 0.25) is 5.95 Å². The molecular formula is C20H23N7O8. The van der Waals surface area contributed by atoms with Crippen LogP contribution in [-0.2, 0) is 19.2 Å². The van der Waals surface area contributed by atoms with E-state index in [1.807, 2.05) is 0 Å². The van der Waals surface area contributed by atoms with Crippen molar-refractivity contribution in [2.24, 2.45) is 0 Å². The van der Waals surface area contributed by atoms with Crippen LogP contribution in [0.5, 0.6) is 0 Å². The Morgan fingerprint density at radius 2 is 2.00 bits per heavy atom.